The molecule has 3 heterocycles. The predicted octanol–water partition coefficient (Wildman–Crippen LogP) is 0.747. The van der Waals surface area contributed by atoms with Gasteiger partial charge in [0, 0.05) is 24.4 Å². The highest BCUT2D eigenvalue weighted by atomic mass is 32.2. The second kappa shape index (κ2) is 3.98. The maximum Gasteiger partial charge on any atom is 0.256 e. The highest BCUT2D eigenvalue weighted by Crippen LogP contribution is 2.23. The number of aromatic amines is 1. The molecule has 1 N–H and O–H groups in total. The largest absolute Gasteiger partial charge is 0.343 e. The minimum absolute atomic E-state index is 0.107. The van der Waals surface area contributed by atoms with Crippen LogP contribution in [0.3, 0.4) is 0 Å². The van der Waals surface area contributed by atoms with E-state index in [-0.39, 0.29) is 16.6 Å². The second-order valence-electron chi connectivity index (χ2n) is 4.73. The molecule has 1 unspecified atom stereocenters. The normalized spacial score (nSPS) is 22.6. The molecule has 1 aliphatic rings. The van der Waals surface area contributed by atoms with Gasteiger partial charge >= 0.3 is 0 Å². The summed E-state index contributed by atoms with van der Waals surface area (Å²) in [5.41, 5.74) is 1.39. The van der Waals surface area contributed by atoms with Gasteiger partial charge < -0.3 is 4.98 Å². The molecule has 1 saturated heterocycles. The van der Waals surface area contributed by atoms with Crippen LogP contribution in [0.2, 0.25) is 0 Å². The molecule has 6 heteroatoms. The smallest absolute Gasteiger partial charge is 0.256 e. The van der Waals surface area contributed by atoms with Crippen LogP contribution in [0.5, 0.6) is 0 Å². The van der Waals surface area contributed by atoms with Gasteiger partial charge in [0.05, 0.1) is 11.0 Å². The predicted molar refractivity (Wildman–Crippen MR) is 68.5 cm³/mol. The average molecular weight is 266 g/mol. The van der Waals surface area contributed by atoms with Crippen molar-refractivity contribution in [2.24, 2.45) is 0 Å². The van der Waals surface area contributed by atoms with E-state index in [2.05, 4.69) is 4.98 Å². The van der Waals surface area contributed by atoms with Crippen LogP contribution in [-0.2, 0) is 16.3 Å². The van der Waals surface area contributed by atoms with Crippen molar-refractivity contribution in [2.45, 2.75) is 24.5 Å². The molecule has 0 radical (unpaired) electrons. The summed E-state index contributed by atoms with van der Waals surface area (Å²) in [4.78, 5) is 14.7. The van der Waals surface area contributed by atoms with Crippen LogP contribution in [0.4, 0.5) is 0 Å². The summed E-state index contributed by atoms with van der Waals surface area (Å²) >= 11 is 0. The number of imidazole rings is 1. The summed E-state index contributed by atoms with van der Waals surface area (Å²) in [6, 6.07) is 4.97. The van der Waals surface area contributed by atoms with E-state index in [1.54, 1.807) is 18.3 Å². The monoisotopic (exact) mass is 266 g/mol. The van der Waals surface area contributed by atoms with E-state index in [1.165, 1.54) is 10.5 Å². The van der Waals surface area contributed by atoms with E-state index in [0.29, 0.717) is 18.5 Å². The minimum atomic E-state index is -2.94. The number of fused-ring (bicyclic) bond motifs is 1. The van der Waals surface area contributed by atoms with Gasteiger partial charge in [-0.25, -0.2) is 8.42 Å². The third-order valence-corrected chi connectivity index (χ3v) is 5.75. The summed E-state index contributed by atoms with van der Waals surface area (Å²) in [6.07, 6.45) is 3.62. The minimum Gasteiger partial charge on any atom is -0.343 e. The lowest BCUT2D eigenvalue weighted by molar-refractivity contribution is 0.587. The lowest BCUT2D eigenvalue weighted by Gasteiger charge is -2.06. The van der Waals surface area contributed by atoms with Gasteiger partial charge in [0.15, 0.2) is 9.84 Å². The molecule has 18 heavy (non-hydrogen) atoms. The number of nitrogens with one attached hydrogen (secondary N) is 1. The van der Waals surface area contributed by atoms with Gasteiger partial charge in [-0.3, -0.25) is 9.20 Å². The van der Waals surface area contributed by atoms with Crippen LogP contribution < -0.4 is 5.56 Å². The van der Waals surface area contributed by atoms with Crippen molar-refractivity contribution in [1.29, 1.82) is 0 Å². The number of nitrogens with zero attached hydrogens (tertiary/aromatic N) is 1. The number of H-pyrrole nitrogens is 1. The summed E-state index contributed by atoms with van der Waals surface area (Å²) < 4.78 is 25.0. The summed E-state index contributed by atoms with van der Waals surface area (Å²) in [6.45, 7) is 0. The molecule has 1 atom stereocenters. The van der Waals surface area contributed by atoms with Crippen LogP contribution in [0.1, 0.15) is 18.5 Å². The Labute approximate surface area is 104 Å². The molecule has 96 valence electrons. The van der Waals surface area contributed by atoms with Gasteiger partial charge in [0.1, 0.15) is 5.65 Å². The molecule has 0 aliphatic carbocycles. The topological polar surface area (TPSA) is 71.4 Å². The number of hydrogen-bond donors (Lipinski definition) is 1. The zero-order valence-electron chi connectivity index (χ0n) is 9.80. The Morgan fingerprint density at radius 3 is 2.89 bits per heavy atom. The zero-order valence-corrected chi connectivity index (χ0v) is 10.6. The van der Waals surface area contributed by atoms with E-state index in [0.717, 1.165) is 12.1 Å². The lowest BCUT2D eigenvalue weighted by atomic mass is 10.2. The number of aromatic nitrogens is 2. The zero-order chi connectivity index (χ0) is 12.8. The standard InChI is InChI=1S/C12H14N2O3S/c15-12-5-1-4-11-13-9(8-14(11)12)7-10-3-2-6-18(10,16)17/h1,4-5,8,10,13H,2-3,6-7H2. The van der Waals surface area contributed by atoms with Gasteiger partial charge in [-0.1, -0.05) is 6.07 Å². The Bertz CT molecular complexity index is 742. The first kappa shape index (κ1) is 11.5. The molecule has 2 aromatic heterocycles. The van der Waals surface area contributed by atoms with Crippen molar-refractivity contribution in [1.82, 2.24) is 9.38 Å². The molecule has 1 fully saturated rings. The van der Waals surface area contributed by atoms with Crippen molar-refractivity contribution in [3.8, 4) is 0 Å². The van der Waals surface area contributed by atoms with Gasteiger partial charge in [-0.15, -0.1) is 0 Å². The van der Waals surface area contributed by atoms with Crippen molar-refractivity contribution in [3.63, 3.8) is 0 Å². The number of pyridine rings is 1. The van der Waals surface area contributed by atoms with Crippen molar-refractivity contribution in [3.05, 3.63) is 40.4 Å². The maximum atomic E-state index is 11.8. The van der Waals surface area contributed by atoms with E-state index in [4.69, 9.17) is 0 Å². The Balaban J connectivity index is 1.96. The van der Waals surface area contributed by atoms with Crippen LogP contribution in [0.25, 0.3) is 5.65 Å². The first-order valence-corrected chi connectivity index (χ1v) is 7.69. The first-order valence-electron chi connectivity index (χ1n) is 5.97. The van der Waals surface area contributed by atoms with Crippen LogP contribution in [0.15, 0.2) is 29.2 Å². The van der Waals surface area contributed by atoms with Crippen molar-refractivity contribution in [2.75, 3.05) is 5.75 Å². The van der Waals surface area contributed by atoms with Crippen LogP contribution >= 0.6 is 0 Å². The third kappa shape index (κ3) is 1.86. The fraction of sp³-hybridized carbons (Fsp3) is 0.417. The molecule has 0 aromatic carbocycles. The van der Waals surface area contributed by atoms with Gasteiger partial charge in [-0.2, -0.15) is 0 Å². The van der Waals surface area contributed by atoms with E-state index in [1.807, 2.05) is 0 Å². The number of hydrogen-bond acceptors (Lipinski definition) is 3. The molecule has 0 amide bonds. The van der Waals surface area contributed by atoms with E-state index >= 15 is 0 Å². The lowest BCUT2D eigenvalue weighted by Crippen LogP contribution is -2.18. The first-order chi connectivity index (χ1) is 8.56. The van der Waals surface area contributed by atoms with Crippen LogP contribution in [0, 0.1) is 0 Å². The Kier molecular flexibility index (Phi) is 2.55. The summed E-state index contributed by atoms with van der Waals surface area (Å²) in [5.74, 6) is 0.290. The Morgan fingerprint density at radius 1 is 1.39 bits per heavy atom. The van der Waals surface area contributed by atoms with Crippen LogP contribution in [-0.4, -0.2) is 28.8 Å². The molecule has 1 aliphatic heterocycles. The fourth-order valence-electron chi connectivity index (χ4n) is 2.53. The van der Waals surface area contributed by atoms with Crippen molar-refractivity contribution >= 4 is 15.5 Å². The maximum absolute atomic E-state index is 11.8. The van der Waals surface area contributed by atoms with Gasteiger partial charge in [-0.05, 0) is 18.9 Å². The van der Waals surface area contributed by atoms with E-state index in [9.17, 15) is 13.2 Å². The second-order valence-corrected chi connectivity index (χ2v) is 7.13. The summed E-state index contributed by atoms with van der Waals surface area (Å²) in [7, 11) is -2.94. The molecule has 3 rings (SSSR count). The molecule has 0 saturated carbocycles. The molecule has 5 nitrogen and oxygen atoms in total. The van der Waals surface area contributed by atoms with E-state index < -0.39 is 9.84 Å². The highest BCUT2D eigenvalue weighted by Gasteiger charge is 2.31. The van der Waals surface area contributed by atoms with Gasteiger partial charge in [0.2, 0.25) is 0 Å². The third-order valence-electron chi connectivity index (χ3n) is 3.47. The van der Waals surface area contributed by atoms with Crippen molar-refractivity contribution < 1.29 is 8.42 Å². The highest BCUT2D eigenvalue weighted by molar-refractivity contribution is 7.92. The SMILES string of the molecule is O=c1cccc2[nH]c(CC3CCCS3(=O)=O)cn12. The fourth-order valence-corrected chi connectivity index (χ4v) is 4.39. The van der Waals surface area contributed by atoms with Gasteiger partial charge in [0.25, 0.3) is 5.56 Å². The molecule has 0 spiro atoms. The molecule has 0 bridgehead atoms. The molecule has 2 aromatic rings. The molecular formula is C12H14N2O3S. The summed E-state index contributed by atoms with van der Waals surface area (Å²) in [5, 5.41) is -0.304. The quantitative estimate of drug-likeness (QED) is 0.871. The number of sulfone groups is 1. The average Bonchev–Trinajstić information content (AvgIpc) is 2.84. The molecular weight excluding hydrogens is 252 g/mol. The Hall–Kier alpha value is -1.56. The number of rotatable bonds is 2. The Morgan fingerprint density at radius 2 is 2.22 bits per heavy atom.